The molecule has 0 saturated heterocycles. The summed E-state index contributed by atoms with van der Waals surface area (Å²) in [5.74, 6) is 0. The number of benzene rings is 1. The third-order valence-electron chi connectivity index (χ3n) is 4.98. The second-order valence-corrected chi connectivity index (χ2v) is 8.81. The first kappa shape index (κ1) is 22.1. The lowest BCUT2D eigenvalue weighted by molar-refractivity contribution is 0.0538. The highest BCUT2D eigenvalue weighted by Crippen LogP contribution is 2.27. The van der Waals surface area contributed by atoms with E-state index < -0.39 is 16.6 Å². The first-order chi connectivity index (χ1) is 14.3. The predicted octanol–water partition coefficient (Wildman–Crippen LogP) is 3.55. The van der Waals surface area contributed by atoms with Crippen LogP contribution in [0.1, 0.15) is 36.1 Å². The Labute approximate surface area is 175 Å². The molecule has 0 fully saturated rings. The summed E-state index contributed by atoms with van der Waals surface area (Å²) in [5.41, 5.74) is 1.70. The van der Waals surface area contributed by atoms with Crippen LogP contribution in [0.5, 0.6) is 0 Å². The molecule has 10 heteroatoms. The van der Waals surface area contributed by atoms with Crippen molar-refractivity contribution in [2.24, 2.45) is 0 Å². The fraction of sp³-hybridized carbons (Fsp3) is 0.400. The van der Waals surface area contributed by atoms with Gasteiger partial charge in [-0.25, -0.2) is 13.1 Å². The highest BCUT2D eigenvalue weighted by molar-refractivity contribution is 7.89. The van der Waals surface area contributed by atoms with E-state index in [1.807, 2.05) is 37.3 Å². The molecular formula is C20H25F2N5O2S. The molecule has 0 radical (unpaired) electrons. The highest BCUT2D eigenvalue weighted by Gasteiger charge is 2.33. The maximum atomic E-state index is 13.6. The first-order valence-corrected chi connectivity index (χ1v) is 11.1. The first-order valence-electron chi connectivity index (χ1n) is 9.64. The number of rotatable bonds is 9. The standard InChI is InChI=1S/C20H25F2N5O2S/c1-4-26-18(10-12-23-26)14-25(13-11-17-8-6-5-7-9-17)30(28,29)19-15(2)24-27(16(19)3)20(21)22/h5-10,12,20H,4,11,13-14H2,1-3H3. The Kier molecular flexibility index (Phi) is 6.67. The molecule has 0 amide bonds. The molecule has 0 aliphatic heterocycles. The molecule has 0 atom stereocenters. The zero-order valence-electron chi connectivity index (χ0n) is 17.2. The summed E-state index contributed by atoms with van der Waals surface area (Å²) in [4.78, 5) is -0.168. The number of hydrogen-bond acceptors (Lipinski definition) is 4. The summed E-state index contributed by atoms with van der Waals surface area (Å²) in [5, 5.41) is 7.95. The van der Waals surface area contributed by atoms with Crippen LogP contribution in [0.25, 0.3) is 0 Å². The molecule has 162 valence electrons. The zero-order valence-corrected chi connectivity index (χ0v) is 18.0. The second kappa shape index (κ2) is 9.05. The number of nitrogens with zero attached hydrogens (tertiary/aromatic N) is 5. The average molecular weight is 438 g/mol. The van der Waals surface area contributed by atoms with Crippen LogP contribution in [0.3, 0.4) is 0 Å². The van der Waals surface area contributed by atoms with Crippen molar-refractivity contribution in [3.63, 3.8) is 0 Å². The molecule has 7 nitrogen and oxygen atoms in total. The molecular weight excluding hydrogens is 412 g/mol. The minimum atomic E-state index is -4.07. The maximum absolute atomic E-state index is 13.6. The molecule has 0 spiro atoms. The van der Waals surface area contributed by atoms with E-state index >= 15 is 0 Å². The normalized spacial score (nSPS) is 12.2. The van der Waals surface area contributed by atoms with Crippen LogP contribution in [-0.2, 0) is 29.5 Å². The van der Waals surface area contributed by atoms with Crippen LogP contribution in [0.15, 0.2) is 47.5 Å². The summed E-state index contributed by atoms with van der Waals surface area (Å²) < 4.78 is 57.1. The largest absolute Gasteiger partial charge is 0.333 e. The predicted molar refractivity (Wildman–Crippen MR) is 109 cm³/mol. The van der Waals surface area contributed by atoms with Gasteiger partial charge in [-0.15, -0.1) is 0 Å². The Bertz CT molecular complexity index is 1090. The number of aryl methyl sites for hydroxylation is 2. The molecule has 0 aliphatic carbocycles. The third-order valence-corrected chi connectivity index (χ3v) is 7.07. The van der Waals surface area contributed by atoms with Gasteiger partial charge < -0.3 is 0 Å². The molecule has 0 aliphatic rings. The average Bonchev–Trinajstić information content (AvgIpc) is 3.29. The molecule has 0 N–H and O–H groups in total. The van der Waals surface area contributed by atoms with Gasteiger partial charge in [0.1, 0.15) is 4.90 Å². The van der Waals surface area contributed by atoms with Gasteiger partial charge in [-0.05, 0) is 38.8 Å². The number of halogens is 2. The van der Waals surface area contributed by atoms with Crippen molar-refractivity contribution in [1.29, 1.82) is 0 Å². The van der Waals surface area contributed by atoms with E-state index in [0.717, 1.165) is 11.3 Å². The Hall–Kier alpha value is -2.59. The molecule has 0 bridgehead atoms. The van der Waals surface area contributed by atoms with E-state index in [1.165, 1.54) is 18.2 Å². The van der Waals surface area contributed by atoms with Crippen molar-refractivity contribution in [3.8, 4) is 0 Å². The van der Waals surface area contributed by atoms with Crippen LogP contribution >= 0.6 is 0 Å². The molecule has 0 saturated carbocycles. The third kappa shape index (κ3) is 4.44. The molecule has 3 rings (SSSR count). The minimum Gasteiger partial charge on any atom is -0.269 e. The SMILES string of the molecule is CCn1nccc1CN(CCc1ccccc1)S(=O)(=O)c1c(C)nn(C(F)F)c1C. The lowest BCUT2D eigenvalue weighted by atomic mass is 10.1. The molecule has 1 aromatic carbocycles. The minimum absolute atomic E-state index is 0.0570. The summed E-state index contributed by atoms with van der Waals surface area (Å²) in [6.45, 7) is 2.67. The summed E-state index contributed by atoms with van der Waals surface area (Å²) in [6.07, 6.45) is 2.10. The second-order valence-electron chi connectivity index (χ2n) is 6.93. The van der Waals surface area contributed by atoms with Gasteiger partial charge in [0.15, 0.2) is 0 Å². The number of sulfonamides is 1. The van der Waals surface area contributed by atoms with Crippen LogP contribution in [-0.4, -0.2) is 38.8 Å². The Morgan fingerprint density at radius 1 is 1.13 bits per heavy atom. The van der Waals surface area contributed by atoms with E-state index in [2.05, 4.69) is 10.2 Å². The van der Waals surface area contributed by atoms with E-state index in [9.17, 15) is 17.2 Å². The highest BCUT2D eigenvalue weighted by atomic mass is 32.2. The van der Waals surface area contributed by atoms with Gasteiger partial charge >= 0.3 is 6.55 Å². The van der Waals surface area contributed by atoms with Crippen LogP contribution < -0.4 is 0 Å². The van der Waals surface area contributed by atoms with E-state index in [-0.39, 0.29) is 29.4 Å². The Balaban J connectivity index is 1.99. The summed E-state index contributed by atoms with van der Waals surface area (Å²) >= 11 is 0. The lowest BCUT2D eigenvalue weighted by Gasteiger charge is -2.23. The van der Waals surface area contributed by atoms with Gasteiger partial charge in [0.05, 0.1) is 23.6 Å². The molecule has 3 aromatic rings. The fourth-order valence-corrected chi connectivity index (χ4v) is 5.26. The van der Waals surface area contributed by atoms with Crippen LogP contribution in [0.2, 0.25) is 0 Å². The lowest BCUT2D eigenvalue weighted by Crippen LogP contribution is -2.34. The Morgan fingerprint density at radius 3 is 2.43 bits per heavy atom. The van der Waals surface area contributed by atoms with Crippen LogP contribution in [0, 0.1) is 13.8 Å². The van der Waals surface area contributed by atoms with Gasteiger partial charge in [-0.1, -0.05) is 30.3 Å². The number of hydrogen-bond donors (Lipinski definition) is 0. The molecule has 0 unspecified atom stereocenters. The van der Waals surface area contributed by atoms with Crippen molar-refractivity contribution in [1.82, 2.24) is 23.9 Å². The van der Waals surface area contributed by atoms with Gasteiger partial charge in [0.2, 0.25) is 10.0 Å². The van der Waals surface area contributed by atoms with E-state index in [0.29, 0.717) is 17.6 Å². The van der Waals surface area contributed by atoms with E-state index in [1.54, 1.807) is 16.9 Å². The number of aromatic nitrogens is 4. The van der Waals surface area contributed by atoms with Gasteiger partial charge in [-0.3, -0.25) is 4.68 Å². The maximum Gasteiger partial charge on any atom is 0.333 e. The van der Waals surface area contributed by atoms with Gasteiger partial charge in [0, 0.05) is 19.3 Å². The zero-order chi connectivity index (χ0) is 21.9. The van der Waals surface area contributed by atoms with Gasteiger partial charge in [0.25, 0.3) is 0 Å². The summed E-state index contributed by atoms with van der Waals surface area (Å²) in [7, 11) is -4.07. The topological polar surface area (TPSA) is 73.0 Å². The van der Waals surface area contributed by atoms with Crippen LogP contribution in [0.4, 0.5) is 8.78 Å². The van der Waals surface area contributed by atoms with Crippen molar-refractivity contribution in [3.05, 3.63) is 65.2 Å². The molecule has 30 heavy (non-hydrogen) atoms. The quantitative estimate of drug-likeness (QED) is 0.513. The van der Waals surface area contributed by atoms with Crippen molar-refractivity contribution in [2.75, 3.05) is 6.54 Å². The molecule has 2 heterocycles. The van der Waals surface area contributed by atoms with Gasteiger partial charge in [-0.2, -0.15) is 23.3 Å². The van der Waals surface area contributed by atoms with Crippen molar-refractivity contribution >= 4 is 10.0 Å². The summed E-state index contributed by atoms with van der Waals surface area (Å²) in [6, 6.07) is 11.3. The Morgan fingerprint density at radius 2 is 1.83 bits per heavy atom. The van der Waals surface area contributed by atoms with Crippen molar-refractivity contribution < 1.29 is 17.2 Å². The van der Waals surface area contributed by atoms with E-state index in [4.69, 9.17) is 0 Å². The molecule has 2 aromatic heterocycles. The van der Waals surface area contributed by atoms with Crippen molar-refractivity contribution in [2.45, 2.75) is 51.7 Å². The monoisotopic (exact) mass is 437 g/mol. The smallest absolute Gasteiger partial charge is 0.269 e. The number of alkyl halides is 2. The fourth-order valence-electron chi connectivity index (χ4n) is 3.48.